The van der Waals surface area contributed by atoms with Crippen LogP contribution in [0.5, 0.6) is 0 Å². The maximum atomic E-state index is 11.1. The molecule has 36 heavy (non-hydrogen) atoms. The first kappa shape index (κ1) is 25.8. The molecule has 196 valence electrons. The topological polar surface area (TPSA) is 77.4 Å². The molecule has 2 fully saturated rings. The van der Waals surface area contributed by atoms with E-state index in [1.807, 2.05) is 12.2 Å². The third-order valence-corrected chi connectivity index (χ3v) is 9.47. The summed E-state index contributed by atoms with van der Waals surface area (Å²) in [6, 6.07) is 0. The monoisotopic (exact) mass is 496 g/mol. The first-order chi connectivity index (χ1) is 17.3. The lowest BCUT2D eigenvalue weighted by Crippen LogP contribution is -2.46. The van der Waals surface area contributed by atoms with Crippen molar-refractivity contribution in [2.45, 2.75) is 61.3 Å². The number of hydrogen-bond donors (Lipinski definition) is 2. The van der Waals surface area contributed by atoms with Crippen molar-refractivity contribution >= 4 is 0 Å². The van der Waals surface area contributed by atoms with Gasteiger partial charge in [-0.05, 0) is 49.7 Å². The molecule has 0 spiro atoms. The number of ether oxygens (including phenoxy) is 4. The zero-order chi connectivity index (χ0) is 25.6. The first-order valence-electron chi connectivity index (χ1n) is 13.1. The molecule has 0 aromatic rings. The second-order valence-electron chi connectivity index (χ2n) is 10.8. The first-order valence-corrected chi connectivity index (χ1v) is 13.1. The molecule has 6 nitrogen and oxygen atoms in total. The van der Waals surface area contributed by atoms with Gasteiger partial charge >= 0.3 is 0 Å². The van der Waals surface area contributed by atoms with Crippen LogP contribution in [0.15, 0.2) is 71.9 Å². The van der Waals surface area contributed by atoms with E-state index in [9.17, 15) is 10.2 Å². The molecule has 0 aromatic heterocycles. The van der Waals surface area contributed by atoms with Crippen LogP contribution in [0.3, 0.4) is 0 Å². The molecule has 2 saturated carbocycles. The summed E-state index contributed by atoms with van der Waals surface area (Å²) in [7, 11) is 6.66. The predicted octanol–water partition coefficient (Wildman–Crippen LogP) is 4.38. The van der Waals surface area contributed by atoms with Crippen LogP contribution in [-0.2, 0) is 18.9 Å². The summed E-state index contributed by atoms with van der Waals surface area (Å²) in [5.41, 5.74) is 0.604. The number of hydrogen-bond acceptors (Lipinski definition) is 6. The molecule has 0 aliphatic heterocycles. The maximum Gasteiger partial charge on any atom is 0.183 e. The van der Waals surface area contributed by atoms with E-state index >= 15 is 0 Å². The molecular weight excluding hydrogens is 456 g/mol. The second-order valence-corrected chi connectivity index (χ2v) is 10.8. The number of aliphatic hydroxyl groups is 2. The SMILES string of the molecule is COC1(OC)C2C=CC1C(O)(C1=CC=CCC1)C2.COC1(OC)C2C=CC1C(O)(C1=CCC=CC1)C2. The van der Waals surface area contributed by atoms with Crippen LogP contribution in [0, 0.1) is 23.7 Å². The van der Waals surface area contributed by atoms with Crippen molar-refractivity contribution in [1.29, 1.82) is 0 Å². The van der Waals surface area contributed by atoms with Crippen LogP contribution in [-0.4, -0.2) is 61.4 Å². The van der Waals surface area contributed by atoms with Gasteiger partial charge in [-0.25, -0.2) is 0 Å². The summed E-state index contributed by atoms with van der Waals surface area (Å²) in [5.74, 6) is -1.32. The van der Waals surface area contributed by atoms with Gasteiger partial charge in [-0.3, -0.25) is 0 Å². The van der Waals surface area contributed by atoms with E-state index in [0.717, 1.165) is 36.8 Å². The Morgan fingerprint density at radius 3 is 1.69 bits per heavy atom. The quantitative estimate of drug-likeness (QED) is 0.420. The summed E-state index contributed by atoms with van der Waals surface area (Å²) in [6.07, 6.45) is 26.0. The Hall–Kier alpha value is -1.80. The fourth-order valence-corrected chi connectivity index (χ4v) is 7.68. The zero-order valence-corrected chi connectivity index (χ0v) is 21.9. The van der Waals surface area contributed by atoms with Gasteiger partial charge in [-0.2, -0.15) is 0 Å². The molecule has 6 aliphatic rings. The smallest absolute Gasteiger partial charge is 0.183 e. The van der Waals surface area contributed by atoms with Gasteiger partial charge in [-0.15, -0.1) is 0 Å². The lowest BCUT2D eigenvalue weighted by Gasteiger charge is -2.37. The molecule has 0 saturated heterocycles. The highest BCUT2D eigenvalue weighted by molar-refractivity contribution is 5.38. The fraction of sp³-hybridized carbons (Fsp3) is 0.600. The molecule has 4 bridgehead atoms. The Morgan fingerprint density at radius 2 is 1.28 bits per heavy atom. The molecule has 0 radical (unpaired) electrons. The summed E-state index contributed by atoms with van der Waals surface area (Å²) in [5, 5.41) is 22.2. The van der Waals surface area contributed by atoms with Gasteiger partial charge in [0, 0.05) is 40.3 Å². The van der Waals surface area contributed by atoms with Gasteiger partial charge in [0.2, 0.25) is 0 Å². The van der Waals surface area contributed by atoms with E-state index in [2.05, 4.69) is 48.6 Å². The molecule has 0 aromatic carbocycles. The van der Waals surface area contributed by atoms with Gasteiger partial charge in [0.05, 0.1) is 23.0 Å². The number of methoxy groups -OCH3 is 4. The average molecular weight is 497 g/mol. The molecule has 0 amide bonds. The summed E-state index contributed by atoms with van der Waals surface area (Å²) < 4.78 is 22.5. The second kappa shape index (κ2) is 9.50. The predicted molar refractivity (Wildman–Crippen MR) is 138 cm³/mol. The average Bonchev–Trinajstić information content (AvgIpc) is 3.62. The Labute approximate surface area is 214 Å². The molecule has 6 unspecified atom stereocenters. The largest absolute Gasteiger partial charge is 0.385 e. The molecular formula is C30H40O6. The van der Waals surface area contributed by atoms with Crippen LogP contribution < -0.4 is 0 Å². The third-order valence-electron chi connectivity index (χ3n) is 9.47. The lowest BCUT2D eigenvalue weighted by molar-refractivity contribution is -0.238. The van der Waals surface area contributed by atoms with E-state index in [0.29, 0.717) is 12.8 Å². The molecule has 6 heteroatoms. The van der Waals surface area contributed by atoms with Crippen LogP contribution >= 0.6 is 0 Å². The van der Waals surface area contributed by atoms with Gasteiger partial charge in [0.25, 0.3) is 0 Å². The normalized spacial score (nSPS) is 40.3. The highest BCUT2D eigenvalue weighted by Crippen LogP contribution is 2.59. The van der Waals surface area contributed by atoms with Crippen molar-refractivity contribution < 1.29 is 29.2 Å². The lowest BCUT2D eigenvalue weighted by atomic mass is 9.78. The van der Waals surface area contributed by atoms with Crippen LogP contribution in [0.2, 0.25) is 0 Å². The summed E-state index contributed by atoms with van der Waals surface area (Å²) in [4.78, 5) is 0. The minimum Gasteiger partial charge on any atom is -0.385 e. The Morgan fingerprint density at radius 1 is 0.722 bits per heavy atom. The molecule has 6 atom stereocenters. The number of rotatable bonds is 6. The van der Waals surface area contributed by atoms with Crippen LogP contribution in [0.1, 0.15) is 38.5 Å². The highest BCUT2D eigenvalue weighted by atomic mass is 16.7. The van der Waals surface area contributed by atoms with Gasteiger partial charge < -0.3 is 29.2 Å². The van der Waals surface area contributed by atoms with Crippen molar-refractivity contribution in [3.8, 4) is 0 Å². The summed E-state index contributed by atoms with van der Waals surface area (Å²) in [6.45, 7) is 0. The van der Waals surface area contributed by atoms with Crippen LogP contribution in [0.4, 0.5) is 0 Å². The van der Waals surface area contributed by atoms with Gasteiger partial charge in [0.15, 0.2) is 11.6 Å². The van der Waals surface area contributed by atoms with Gasteiger partial charge in [0.1, 0.15) is 0 Å². The Bertz CT molecular complexity index is 1030. The zero-order valence-electron chi connectivity index (χ0n) is 21.9. The van der Waals surface area contributed by atoms with Crippen molar-refractivity contribution in [2.24, 2.45) is 23.7 Å². The van der Waals surface area contributed by atoms with Gasteiger partial charge in [-0.1, -0.05) is 60.8 Å². The molecule has 2 N–H and O–H groups in total. The van der Waals surface area contributed by atoms with E-state index < -0.39 is 22.8 Å². The van der Waals surface area contributed by atoms with Crippen molar-refractivity contribution in [3.05, 3.63) is 71.9 Å². The highest BCUT2D eigenvalue weighted by Gasteiger charge is 2.66. The molecule has 0 heterocycles. The Kier molecular flexibility index (Phi) is 6.82. The van der Waals surface area contributed by atoms with Crippen molar-refractivity contribution in [2.75, 3.05) is 28.4 Å². The minimum atomic E-state index is -0.809. The van der Waals surface area contributed by atoms with Crippen LogP contribution in [0.25, 0.3) is 0 Å². The standard InChI is InChI=1S/2C15H20O3/c2*1-17-15(18-2)12-8-9-13(15)14(16,10-12)11-6-4-3-5-7-11/h3-4,7-9,12-13,16H,5-6,10H2,1-2H3;3-4,6,8-9,12-13,16H,5,7,10H2,1-2H3. The number of fused-ring (bicyclic) bond motifs is 4. The van der Waals surface area contributed by atoms with Crippen molar-refractivity contribution in [1.82, 2.24) is 0 Å². The number of allylic oxidation sites excluding steroid dienone is 6. The minimum absolute atomic E-state index is 0.109. The fourth-order valence-electron chi connectivity index (χ4n) is 7.68. The maximum absolute atomic E-state index is 11.1. The van der Waals surface area contributed by atoms with E-state index in [4.69, 9.17) is 18.9 Å². The Balaban J connectivity index is 0.000000148. The van der Waals surface area contributed by atoms with E-state index in [-0.39, 0.29) is 23.7 Å². The third kappa shape index (κ3) is 3.53. The van der Waals surface area contributed by atoms with E-state index in [1.165, 1.54) is 0 Å². The van der Waals surface area contributed by atoms with E-state index in [1.54, 1.807) is 28.4 Å². The molecule has 6 rings (SSSR count). The summed E-state index contributed by atoms with van der Waals surface area (Å²) >= 11 is 0. The van der Waals surface area contributed by atoms with Crippen molar-refractivity contribution in [3.63, 3.8) is 0 Å². The molecule has 6 aliphatic carbocycles.